The average Bonchev–Trinajstić information content (AvgIpc) is 3.19. The van der Waals surface area contributed by atoms with Gasteiger partial charge in [-0.2, -0.15) is 0 Å². The van der Waals surface area contributed by atoms with E-state index in [1.165, 1.54) is 6.07 Å². The van der Waals surface area contributed by atoms with Crippen LogP contribution in [0.1, 0.15) is 43.0 Å². The van der Waals surface area contributed by atoms with Crippen LogP contribution < -0.4 is 0 Å². The lowest BCUT2D eigenvalue weighted by Gasteiger charge is -2.21. The van der Waals surface area contributed by atoms with Crippen LogP contribution in [0, 0.1) is 23.3 Å². The summed E-state index contributed by atoms with van der Waals surface area (Å²) in [6, 6.07) is 3.55. The summed E-state index contributed by atoms with van der Waals surface area (Å²) in [5.74, 6) is -1.09. The first kappa shape index (κ1) is 19.4. The van der Waals surface area contributed by atoms with Gasteiger partial charge in [-0.25, -0.2) is 8.78 Å². The van der Waals surface area contributed by atoms with Gasteiger partial charge in [0.25, 0.3) is 5.89 Å². The average molecular weight is 394 g/mol. The Morgan fingerprint density at radius 3 is 2.67 bits per heavy atom. The normalized spacial score (nSPS) is 12.5. The van der Waals surface area contributed by atoms with Gasteiger partial charge in [0.15, 0.2) is 16.4 Å². The number of nitrogens with one attached hydrogen (secondary N) is 1. The predicted octanol–water partition coefficient (Wildman–Crippen LogP) is 4.72. The van der Waals surface area contributed by atoms with E-state index in [-0.39, 0.29) is 18.5 Å². The quantitative estimate of drug-likeness (QED) is 0.588. The van der Waals surface area contributed by atoms with Crippen molar-refractivity contribution in [2.75, 3.05) is 7.11 Å². The van der Waals surface area contributed by atoms with Crippen LogP contribution in [0.25, 0.3) is 11.6 Å². The number of aromatic amines is 1. The molecule has 1 N–H and O–H groups in total. The van der Waals surface area contributed by atoms with Crippen molar-refractivity contribution < 1.29 is 17.9 Å². The Kier molecular flexibility index (Phi) is 5.81. The minimum absolute atomic E-state index is 0.254. The molecule has 0 saturated heterocycles. The third-order valence-corrected chi connectivity index (χ3v) is 4.52. The number of nitrogens with zero attached hydrogens (tertiary/aromatic N) is 3. The summed E-state index contributed by atoms with van der Waals surface area (Å²) >= 11 is 5.52. The Morgan fingerprint density at radius 2 is 2.07 bits per heavy atom. The smallest absolute Gasteiger partial charge is 0.266 e. The maximum atomic E-state index is 13.9. The molecule has 27 heavy (non-hydrogen) atoms. The summed E-state index contributed by atoms with van der Waals surface area (Å²) in [4.78, 5) is 3.11. The van der Waals surface area contributed by atoms with Crippen molar-refractivity contribution in [1.82, 2.24) is 19.7 Å². The third-order valence-electron chi connectivity index (χ3n) is 4.22. The summed E-state index contributed by atoms with van der Waals surface area (Å²) < 4.78 is 40.4. The standard InChI is InChI=1S/C18H20F2N4O2S/c1-4-5-15(11-6-7-12(19)13(20)8-11)24-16(17-23-22-10(2)26-17)14(9-25-3)21-18(24)27/h6-8,15H,4-5,9H2,1-3H3,(H,21,27). The van der Waals surface area contributed by atoms with Gasteiger partial charge in [-0.3, -0.25) is 0 Å². The zero-order valence-electron chi connectivity index (χ0n) is 15.3. The lowest BCUT2D eigenvalue weighted by Crippen LogP contribution is -2.13. The van der Waals surface area contributed by atoms with Crippen molar-refractivity contribution in [3.63, 3.8) is 0 Å². The van der Waals surface area contributed by atoms with Crippen molar-refractivity contribution >= 4 is 12.2 Å². The van der Waals surface area contributed by atoms with Gasteiger partial charge in [-0.1, -0.05) is 19.4 Å². The molecule has 0 aliphatic heterocycles. The summed E-state index contributed by atoms with van der Waals surface area (Å²) in [5.41, 5.74) is 1.87. The van der Waals surface area contributed by atoms with Crippen molar-refractivity contribution in [1.29, 1.82) is 0 Å². The van der Waals surface area contributed by atoms with Gasteiger partial charge < -0.3 is 18.7 Å². The Bertz CT molecular complexity index is 996. The van der Waals surface area contributed by atoms with E-state index >= 15 is 0 Å². The first-order valence-electron chi connectivity index (χ1n) is 8.54. The number of ether oxygens (including phenoxy) is 1. The molecule has 1 aromatic carbocycles. The molecule has 0 radical (unpaired) electrons. The van der Waals surface area contributed by atoms with Crippen molar-refractivity contribution in [2.24, 2.45) is 0 Å². The highest BCUT2D eigenvalue weighted by Crippen LogP contribution is 2.33. The zero-order valence-corrected chi connectivity index (χ0v) is 16.1. The topological polar surface area (TPSA) is 68.9 Å². The highest BCUT2D eigenvalue weighted by Gasteiger charge is 2.26. The van der Waals surface area contributed by atoms with E-state index in [0.717, 1.165) is 12.5 Å². The number of hydrogen-bond donors (Lipinski definition) is 1. The maximum Gasteiger partial charge on any atom is 0.266 e. The predicted molar refractivity (Wildman–Crippen MR) is 97.8 cm³/mol. The molecule has 0 spiro atoms. The molecular weight excluding hydrogens is 374 g/mol. The first-order valence-corrected chi connectivity index (χ1v) is 8.94. The summed E-state index contributed by atoms with van der Waals surface area (Å²) in [6.07, 6.45) is 1.46. The van der Waals surface area contributed by atoms with Gasteiger partial charge in [0.2, 0.25) is 5.89 Å². The Hall–Kier alpha value is -2.39. The molecule has 3 aromatic rings. The number of imidazole rings is 1. The van der Waals surface area contributed by atoms with E-state index in [0.29, 0.717) is 34.0 Å². The van der Waals surface area contributed by atoms with Crippen molar-refractivity contribution in [3.05, 3.63) is 51.8 Å². The first-order chi connectivity index (χ1) is 13.0. The molecule has 2 aromatic heterocycles. The highest BCUT2D eigenvalue weighted by molar-refractivity contribution is 7.71. The highest BCUT2D eigenvalue weighted by atomic mass is 32.1. The molecule has 1 unspecified atom stereocenters. The molecule has 0 aliphatic rings. The fraction of sp³-hybridized carbons (Fsp3) is 0.389. The van der Waals surface area contributed by atoms with Crippen LogP contribution in [-0.4, -0.2) is 26.9 Å². The van der Waals surface area contributed by atoms with E-state index in [1.807, 2.05) is 11.5 Å². The molecule has 3 rings (SSSR count). The lowest BCUT2D eigenvalue weighted by molar-refractivity contribution is 0.182. The van der Waals surface area contributed by atoms with E-state index in [1.54, 1.807) is 20.1 Å². The fourth-order valence-electron chi connectivity index (χ4n) is 3.10. The van der Waals surface area contributed by atoms with Gasteiger partial charge in [0.1, 0.15) is 5.69 Å². The molecule has 9 heteroatoms. The number of rotatable bonds is 7. The van der Waals surface area contributed by atoms with Crippen molar-refractivity contribution in [2.45, 2.75) is 39.3 Å². The number of H-pyrrole nitrogens is 1. The van der Waals surface area contributed by atoms with E-state index in [2.05, 4.69) is 15.2 Å². The molecule has 1 atom stereocenters. The van der Waals surface area contributed by atoms with E-state index in [9.17, 15) is 8.78 Å². The van der Waals surface area contributed by atoms with Crippen LogP contribution in [0.4, 0.5) is 8.78 Å². The van der Waals surface area contributed by atoms with Crippen LogP contribution in [-0.2, 0) is 11.3 Å². The monoisotopic (exact) mass is 394 g/mol. The van der Waals surface area contributed by atoms with Crippen LogP contribution >= 0.6 is 12.2 Å². The maximum absolute atomic E-state index is 13.9. The molecule has 0 bridgehead atoms. The number of hydrogen-bond acceptors (Lipinski definition) is 5. The van der Waals surface area contributed by atoms with Gasteiger partial charge >= 0.3 is 0 Å². The molecule has 0 fully saturated rings. The van der Waals surface area contributed by atoms with Crippen LogP contribution in [0.2, 0.25) is 0 Å². The van der Waals surface area contributed by atoms with Crippen LogP contribution in [0.15, 0.2) is 22.6 Å². The second kappa shape index (κ2) is 8.10. The second-order valence-corrected chi connectivity index (χ2v) is 6.55. The van der Waals surface area contributed by atoms with E-state index in [4.69, 9.17) is 21.4 Å². The number of aryl methyl sites for hydroxylation is 1. The second-order valence-electron chi connectivity index (χ2n) is 6.16. The summed E-state index contributed by atoms with van der Waals surface area (Å²) in [6.45, 7) is 3.96. The Morgan fingerprint density at radius 1 is 1.30 bits per heavy atom. The Labute approximate surface area is 160 Å². The number of halogens is 2. The van der Waals surface area contributed by atoms with Crippen LogP contribution in [0.3, 0.4) is 0 Å². The Balaban J connectivity index is 2.22. The number of methoxy groups -OCH3 is 1. The number of aromatic nitrogens is 4. The van der Waals surface area contributed by atoms with Crippen molar-refractivity contribution in [3.8, 4) is 11.6 Å². The molecule has 2 heterocycles. The molecule has 6 nitrogen and oxygen atoms in total. The zero-order chi connectivity index (χ0) is 19.6. The van der Waals surface area contributed by atoms with E-state index < -0.39 is 11.6 Å². The van der Waals surface area contributed by atoms with Gasteiger partial charge in [-0.15, -0.1) is 10.2 Å². The minimum atomic E-state index is -0.900. The van der Waals surface area contributed by atoms with Gasteiger partial charge in [0, 0.05) is 14.0 Å². The minimum Gasteiger partial charge on any atom is -0.420 e. The summed E-state index contributed by atoms with van der Waals surface area (Å²) in [7, 11) is 1.57. The lowest BCUT2D eigenvalue weighted by atomic mass is 10.0. The fourth-order valence-corrected chi connectivity index (χ4v) is 3.45. The van der Waals surface area contributed by atoms with Gasteiger partial charge in [0.05, 0.1) is 18.3 Å². The SMILES string of the molecule is CCCC(c1ccc(F)c(F)c1)n1c(-c2nnc(C)o2)c(COC)[nH]c1=S. The van der Waals surface area contributed by atoms with Crippen LogP contribution in [0.5, 0.6) is 0 Å². The molecule has 0 amide bonds. The largest absolute Gasteiger partial charge is 0.420 e. The molecular formula is C18H20F2N4O2S. The molecule has 0 saturated carbocycles. The summed E-state index contributed by atoms with van der Waals surface area (Å²) in [5, 5.41) is 8.00. The molecule has 0 aliphatic carbocycles. The third kappa shape index (κ3) is 3.84. The number of benzene rings is 1. The molecule has 144 valence electrons. The van der Waals surface area contributed by atoms with Gasteiger partial charge in [-0.05, 0) is 36.3 Å².